The first-order valence-electron chi connectivity index (χ1n) is 8.35. The quantitative estimate of drug-likeness (QED) is 0.872. The van der Waals surface area contributed by atoms with Crippen LogP contribution in [0.15, 0.2) is 24.3 Å². The van der Waals surface area contributed by atoms with Crippen molar-refractivity contribution in [1.82, 2.24) is 10.2 Å². The molecule has 5 heteroatoms. The molecular weight excluding hydrogens is 328 g/mol. The third-order valence-corrected chi connectivity index (χ3v) is 6.18. The van der Waals surface area contributed by atoms with Gasteiger partial charge in [0.15, 0.2) is 0 Å². The van der Waals surface area contributed by atoms with Crippen molar-refractivity contribution in [3.63, 3.8) is 0 Å². The van der Waals surface area contributed by atoms with Gasteiger partial charge in [0.2, 0.25) is 5.91 Å². The predicted octanol–water partition coefficient (Wildman–Crippen LogP) is 4.29. The van der Waals surface area contributed by atoms with Gasteiger partial charge in [-0.05, 0) is 38.4 Å². The van der Waals surface area contributed by atoms with Crippen LogP contribution in [0, 0.1) is 5.92 Å². The van der Waals surface area contributed by atoms with Gasteiger partial charge in [-0.15, -0.1) is 11.3 Å². The van der Waals surface area contributed by atoms with E-state index in [4.69, 9.17) is 11.6 Å². The Morgan fingerprint density at radius 2 is 2.09 bits per heavy atom. The second-order valence-corrected chi connectivity index (χ2v) is 7.69. The van der Waals surface area contributed by atoms with Gasteiger partial charge < -0.3 is 5.32 Å². The zero-order valence-corrected chi connectivity index (χ0v) is 15.1. The molecule has 1 aliphatic heterocycles. The Kier molecular flexibility index (Phi) is 5.57. The Balaban J connectivity index is 1.58. The standard InChI is InChI=1S/C18H23ClN2OS/c1-2-9-20-18(22)13-7-10-21(11-8-13)12-16-17(19)14-5-3-4-6-15(14)23-16/h3-6,13H,2,7-12H2,1H3,(H,20,22). The van der Waals surface area contributed by atoms with Crippen LogP contribution in [-0.4, -0.2) is 30.4 Å². The number of piperidine rings is 1. The minimum atomic E-state index is 0.177. The van der Waals surface area contributed by atoms with Crippen molar-refractivity contribution in [2.75, 3.05) is 19.6 Å². The minimum absolute atomic E-state index is 0.177. The van der Waals surface area contributed by atoms with Crippen LogP contribution >= 0.6 is 22.9 Å². The molecule has 1 saturated heterocycles. The highest BCUT2D eigenvalue weighted by Crippen LogP contribution is 2.36. The normalized spacial score (nSPS) is 16.8. The summed E-state index contributed by atoms with van der Waals surface area (Å²) in [6, 6.07) is 8.30. The van der Waals surface area contributed by atoms with Gasteiger partial charge in [0.25, 0.3) is 0 Å². The monoisotopic (exact) mass is 350 g/mol. The Morgan fingerprint density at radius 3 is 2.78 bits per heavy atom. The summed E-state index contributed by atoms with van der Waals surface area (Å²) in [4.78, 5) is 15.7. The van der Waals surface area contributed by atoms with Crippen LogP contribution in [0.1, 0.15) is 31.1 Å². The van der Waals surface area contributed by atoms with Gasteiger partial charge in [0.05, 0.1) is 5.02 Å². The summed E-state index contributed by atoms with van der Waals surface area (Å²) in [7, 11) is 0. The summed E-state index contributed by atoms with van der Waals surface area (Å²) >= 11 is 8.32. The van der Waals surface area contributed by atoms with E-state index in [1.54, 1.807) is 11.3 Å². The number of nitrogens with one attached hydrogen (secondary N) is 1. The molecule has 1 amide bonds. The van der Waals surface area contributed by atoms with Crippen LogP contribution < -0.4 is 5.32 Å². The highest BCUT2D eigenvalue weighted by molar-refractivity contribution is 7.19. The molecule has 0 unspecified atom stereocenters. The van der Waals surface area contributed by atoms with Gasteiger partial charge in [-0.2, -0.15) is 0 Å². The first-order valence-corrected chi connectivity index (χ1v) is 9.54. The highest BCUT2D eigenvalue weighted by Gasteiger charge is 2.25. The number of nitrogens with zero attached hydrogens (tertiary/aromatic N) is 1. The van der Waals surface area contributed by atoms with Crippen LogP contribution in [0.2, 0.25) is 5.02 Å². The summed E-state index contributed by atoms with van der Waals surface area (Å²) in [5.41, 5.74) is 0. The summed E-state index contributed by atoms with van der Waals surface area (Å²) in [6.45, 7) is 5.69. The lowest BCUT2D eigenvalue weighted by atomic mass is 9.96. The molecule has 2 aromatic rings. The first-order chi connectivity index (χ1) is 11.2. The molecule has 0 saturated carbocycles. The molecule has 23 heavy (non-hydrogen) atoms. The summed E-state index contributed by atoms with van der Waals surface area (Å²) in [5, 5.41) is 5.07. The number of rotatable bonds is 5. The van der Waals surface area contributed by atoms with Crippen LogP contribution in [0.3, 0.4) is 0 Å². The Bertz CT molecular complexity index is 677. The summed E-state index contributed by atoms with van der Waals surface area (Å²) in [5.74, 6) is 0.405. The van der Waals surface area contributed by atoms with E-state index in [1.807, 2.05) is 6.07 Å². The molecule has 1 aliphatic rings. The van der Waals surface area contributed by atoms with E-state index in [9.17, 15) is 4.79 Å². The number of carbonyl (C=O) groups excluding carboxylic acids is 1. The number of hydrogen-bond donors (Lipinski definition) is 1. The van der Waals surface area contributed by atoms with E-state index in [0.717, 1.165) is 55.9 Å². The second kappa shape index (κ2) is 7.65. The third kappa shape index (κ3) is 3.87. The SMILES string of the molecule is CCCNC(=O)C1CCN(Cc2sc3ccccc3c2Cl)CC1. The average molecular weight is 351 g/mol. The Morgan fingerprint density at radius 1 is 1.35 bits per heavy atom. The smallest absolute Gasteiger partial charge is 0.223 e. The van der Waals surface area contributed by atoms with E-state index in [2.05, 4.69) is 35.3 Å². The molecule has 1 aromatic heterocycles. The number of thiophene rings is 1. The molecule has 0 spiro atoms. The van der Waals surface area contributed by atoms with Crippen LogP contribution in [0.5, 0.6) is 0 Å². The number of benzene rings is 1. The Labute approximate surface area is 146 Å². The molecular formula is C18H23ClN2OS. The first kappa shape index (κ1) is 16.7. The fraction of sp³-hybridized carbons (Fsp3) is 0.500. The van der Waals surface area contributed by atoms with Crippen LogP contribution in [0.4, 0.5) is 0 Å². The fourth-order valence-corrected chi connectivity index (χ4v) is 4.65. The largest absolute Gasteiger partial charge is 0.356 e. The minimum Gasteiger partial charge on any atom is -0.356 e. The molecule has 1 N–H and O–H groups in total. The molecule has 0 aliphatic carbocycles. The van der Waals surface area contributed by atoms with Crippen molar-refractivity contribution >= 4 is 38.9 Å². The Hall–Kier alpha value is -1.10. The molecule has 2 heterocycles. The zero-order chi connectivity index (χ0) is 16.2. The number of likely N-dealkylation sites (tertiary alicyclic amines) is 1. The molecule has 0 bridgehead atoms. The van der Waals surface area contributed by atoms with Crippen LogP contribution in [0.25, 0.3) is 10.1 Å². The topological polar surface area (TPSA) is 32.3 Å². The van der Waals surface area contributed by atoms with Gasteiger partial charge in [-0.1, -0.05) is 36.7 Å². The van der Waals surface area contributed by atoms with Crippen molar-refractivity contribution in [2.45, 2.75) is 32.7 Å². The van der Waals surface area contributed by atoms with E-state index in [-0.39, 0.29) is 11.8 Å². The fourth-order valence-electron chi connectivity index (χ4n) is 3.12. The second-order valence-electron chi connectivity index (χ2n) is 6.18. The number of carbonyl (C=O) groups is 1. The molecule has 3 nitrogen and oxygen atoms in total. The van der Waals surface area contributed by atoms with Crippen molar-refractivity contribution in [1.29, 1.82) is 0 Å². The number of fused-ring (bicyclic) bond motifs is 1. The molecule has 0 radical (unpaired) electrons. The van der Waals surface area contributed by atoms with Gasteiger partial charge in [0, 0.05) is 34.0 Å². The summed E-state index contributed by atoms with van der Waals surface area (Å²) in [6.07, 6.45) is 2.88. The number of halogens is 1. The van der Waals surface area contributed by atoms with E-state index < -0.39 is 0 Å². The van der Waals surface area contributed by atoms with Gasteiger partial charge >= 0.3 is 0 Å². The average Bonchev–Trinajstić information content (AvgIpc) is 2.90. The lowest BCUT2D eigenvalue weighted by Crippen LogP contribution is -2.40. The van der Waals surface area contributed by atoms with E-state index >= 15 is 0 Å². The molecule has 124 valence electrons. The van der Waals surface area contributed by atoms with Gasteiger partial charge in [0.1, 0.15) is 0 Å². The van der Waals surface area contributed by atoms with Crippen molar-refractivity contribution in [3.05, 3.63) is 34.2 Å². The lowest BCUT2D eigenvalue weighted by Gasteiger charge is -2.31. The maximum absolute atomic E-state index is 12.0. The molecule has 0 atom stereocenters. The zero-order valence-electron chi connectivity index (χ0n) is 13.5. The maximum atomic E-state index is 12.0. The number of hydrogen-bond acceptors (Lipinski definition) is 3. The molecule has 3 rings (SSSR count). The highest BCUT2D eigenvalue weighted by atomic mass is 35.5. The predicted molar refractivity (Wildman–Crippen MR) is 98.1 cm³/mol. The van der Waals surface area contributed by atoms with E-state index in [0.29, 0.717) is 0 Å². The third-order valence-electron chi connectivity index (χ3n) is 4.48. The lowest BCUT2D eigenvalue weighted by molar-refractivity contribution is -0.126. The number of amides is 1. The van der Waals surface area contributed by atoms with Gasteiger partial charge in [-0.25, -0.2) is 0 Å². The molecule has 1 aromatic carbocycles. The van der Waals surface area contributed by atoms with Crippen molar-refractivity contribution < 1.29 is 4.79 Å². The molecule has 1 fully saturated rings. The van der Waals surface area contributed by atoms with Crippen molar-refractivity contribution in [3.8, 4) is 0 Å². The van der Waals surface area contributed by atoms with Crippen molar-refractivity contribution in [2.24, 2.45) is 5.92 Å². The summed E-state index contributed by atoms with van der Waals surface area (Å²) < 4.78 is 1.25. The maximum Gasteiger partial charge on any atom is 0.223 e. The van der Waals surface area contributed by atoms with Crippen LogP contribution in [-0.2, 0) is 11.3 Å². The van der Waals surface area contributed by atoms with Gasteiger partial charge in [-0.3, -0.25) is 9.69 Å². The van der Waals surface area contributed by atoms with E-state index in [1.165, 1.54) is 9.58 Å².